The predicted octanol–water partition coefficient (Wildman–Crippen LogP) is 2.11. The van der Waals surface area contributed by atoms with Crippen molar-refractivity contribution in [1.29, 1.82) is 0 Å². The standard InChI is InChI=1S/C14H25N5/c1-4-7-15-14-16-11(2)9-13(18-14)17-12-6-5-8-19(3)10-12/h9,12H,4-8,10H2,1-3H3,(H2,15,16,17,18). The lowest BCUT2D eigenvalue weighted by atomic mass is 10.1. The molecule has 2 heterocycles. The van der Waals surface area contributed by atoms with E-state index < -0.39 is 0 Å². The maximum Gasteiger partial charge on any atom is 0.224 e. The average Bonchev–Trinajstić information content (AvgIpc) is 2.35. The van der Waals surface area contributed by atoms with Gasteiger partial charge in [-0.25, -0.2) is 4.98 Å². The number of nitrogens with one attached hydrogen (secondary N) is 2. The summed E-state index contributed by atoms with van der Waals surface area (Å²) < 4.78 is 0. The summed E-state index contributed by atoms with van der Waals surface area (Å²) in [5.74, 6) is 1.67. The molecule has 0 aliphatic carbocycles. The Morgan fingerprint density at radius 2 is 2.26 bits per heavy atom. The molecule has 2 N–H and O–H groups in total. The fourth-order valence-electron chi connectivity index (χ4n) is 2.45. The quantitative estimate of drug-likeness (QED) is 0.852. The smallest absolute Gasteiger partial charge is 0.224 e. The number of nitrogens with zero attached hydrogens (tertiary/aromatic N) is 3. The number of rotatable bonds is 5. The monoisotopic (exact) mass is 263 g/mol. The highest BCUT2D eigenvalue weighted by Gasteiger charge is 2.17. The van der Waals surface area contributed by atoms with Crippen LogP contribution in [-0.4, -0.2) is 47.6 Å². The minimum absolute atomic E-state index is 0.493. The second-order valence-electron chi connectivity index (χ2n) is 5.39. The summed E-state index contributed by atoms with van der Waals surface area (Å²) in [6.07, 6.45) is 3.54. The Labute approximate surface area is 115 Å². The highest BCUT2D eigenvalue weighted by Crippen LogP contribution is 2.15. The van der Waals surface area contributed by atoms with Gasteiger partial charge >= 0.3 is 0 Å². The Morgan fingerprint density at radius 1 is 1.42 bits per heavy atom. The molecule has 19 heavy (non-hydrogen) atoms. The van der Waals surface area contributed by atoms with Crippen molar-refractivity contribution in [2.45, 2.75) is 39.2 Å². The van der Waals surface area contributed by atoms with Gasteiger partial charge in [0.1, 0.15) is 5.82 Å². The first-order valence-electron chi connectivity index (χ1n) is 7.22. The van der Waals surface area contributed by atoms with E-state index in [-0.39, 0.29) is 0 Å². The number of piperidine rings is 1. The molecule has 1 fully saturated rings. The molecular formula is C14H25N5. The summed E-state index contributed by atoms with van der Waals surface area (Å²) in [4.78, 5) is 11.3. The molecule has 0 saturated carbocycles. The second kappa shape index (κ2) is 6.70. The van der Waals surface area contributed by atoms with E-state index in [1.807, 2.05) is 13.0 Å². The van der Waals surface area contributed by atoms with E-state index in [4.69, 9.17) is 0 Å². The number of hydrogen-bond donors (Lipinski definition) is 2. The third kappa shape index (κ3) is 4.35. The SMILES string of the molecule is CCCNc1nc(C)cc(NC2CCCN(C)C2)n1. The molecule has 5 nitrogen and oxygen atoms in total. The van der Waals surface area contributed by atoms with E-state index in [9.17, 15) is 0 Å². The van der Waals surface area contributed by atoms with Crippen molar-refractivity contribution in [2.24, 2.45) is 0 Å². The maximum absolute atomic E-state index is 4.54. The Bertz CT molecular complexity index is 407. The molecular weight excluding hydrogens is 238 g/mol. The van der Waals surface area contributed by atoms with Crippen LogP contribution in [0.3, 0.4) is 0 Å². The van der Waals surface area contributed by atoms with Gasteiger partial charge in [-0.1, -0.05) is 6.92 Å². The molecule has 0 radical (unpaired) electrons. The lowest BCUT2D eigenvalue weighted by Gasteiger charge is -2.30. The van der Waals surface area contributed by atoms with Crippen LogP contribution in [0.25, 0.3) is 0 Å². The van der Waals surface area contributed by atoms with Crippen molar-refractivity contribution in [1.82, 2.24) is 14.9 Å². The van der Waals surface area contributed by atoms with Crippen LogP contribution < -0.4 is 10.6 Å². The molecule has 5 heteroatoms. The summed E-state index contributed by atoms with van der Waals surface area (Å²) in [7, 11) is 2.17. The minimum atomic E-state index is 0.493. The lowest BCUT2D eigenvalue weighted by Crippen LogP contribution is -2.39. The van der Waals surface area contributed by atoms with Crippen LogP contribution >= 0.6 is 0 Å². The van der Waals surface area contributed by atoms with Crippen LogP contribution in [0.4, 0.5) is 11.8 Å². The minimum Gasteiger partial charge on any atom is -0.366 e. The van der Waals surface area contributed by atoms with Crippen LogP contribution in [0.1, 0.15) is 31.9 Å². The lowest BCUT2D eigenvalue weighted by molar-refractivity contribution is 0.261. The Hall–Kier alpha value is -1.36. The van der Waals surface area contributed by atoms with Crippen LogP contribution in [0, 0.1) is 6.92 Å². The number of aryl methyl sites for hydroxylation is 1. The van der Waals surface area contributed by atoms with Gasteiger partial charge in [0, 0.05) is 30.9 Å². The van der Waals surface area contributed by atoms with Gasteiger partial charge in [0.2, 0.25) is 5.95 Å². The molecule has 1 aromatic rings. The van der Waals surface area contributed by atoms with E-state index in [1.54, 1.807) is 0 Å². The molecule has 1 aliphatic rings. The highest BCUT2D eigenvalue weighted by molar-refractivity contribution is 5.43. The van der Waals surface area contributed by atoms with Crippen molar-refractivity contribution in [3.63, 3.8) is 0 Å². The van der Waals surface area contributed by atoms with E-state index in [0.29, 0.717) is 6.04 Å². The molecule has 1 unspecified atom stereocenters. The third-order valence-electron chi connectivity index (χ3n) is 3.36. The largest absolute Gasteiger partial charge is 0.366 e. The van der Waals surface area contributed by atoms with Crippen LogP contribution in [0.2, 0.25) is 0 Å². The van der Waals surface area contributed by atoms with Crippen LogP contribution in [0.5, 0.6) is 0 Å². The van der Waals surface area contributed by atoms with Gasteiger partial charge in [-0.15, -0.1) is 0 Å². The molecule has 106 valence electrons. The number of aromatic nitrogens is 2. The van der Waals surface area contributed by atoms with Gasteiger partial charge in [0.15, 0.2) is 0 Å². The van der Waals surface area contributed by atoms with Crippen molar-refractivity contribution < 1.29 is 0 Å². The molecule has 1 saturated heterocycles. The average molecular weight is 263 g/mol. The summed E-state index contributed by atoms with van der Waals surface area (Å²) >= 11 is 0. The molecule has 1 aromatic heterocycles. The fraction of sp³-hybridized carbons (Fsp3) is 0.714. The molecule has 0 amide bonds. The number of likely N-dealkylation sites (tertiary alicyclic amines) is 1. The van der Waals surface area contributed by atoms with Crippen molar-refractivity contribution in [2.75, 3.05) is 37.3 Å². The van der Waals surface area contributed by atoms with Crippen LogP contribution in [0.15, 0.2) is 6.07 Å². The molecule has 0 bridgehead atoms. The number of likely N-dealkylation sites (N-methyl/N-ethyl adjacent to an activating group) is 1. The Morgan fingerprint density at radius 3 is 3.00 bits per heavy atom. The maximum atomic E-state index is 4.54. The van der Waals surface area contributed by atoms with Crippen molar-refractivity contribution in [3.05, 3.63) is 11.8 Å². The highest BCUT2D eigenvalue weighted by atomic mass is 15.2. The second-order valence-corrected chi connectivity index (χ2v) is 5.39. The summed E-state index contributed by atoms with van der Waals surface area (Å²) in [5, 5.41) is 6.79. The first-order chi connectivity index (χ1) is 9.17. The Balaban J connectivity index is 2.00. The summed E-state index contributed by atoms with van der Waals surface area (Å²) in [6.45, 7) is 7.34. The van der Waals surface area contributed by atoms with Crippen molar-refractivity contribution in [3.8, 4) is 0 Å². The summed E-state index contributed by atoms with van der Waals surface area (Å²) in [5.41, 5.74) is 1.00. The number of hydrogen-bond acceptors (Lipinski definition) is 5. The normalized spacial score (nSPS) is 20.3. The zero-order chi connectivity index (χ0) is 13.7. The number of anilines is 2. The first kappa shape index (κ1) is 14.1. The third-order valence-corrected chi connectivity index (χ3v) is 3.36. The predicted molar refractivity (Wildman–Crippen MR) is 79.7 cm³/mol. The van der Waals surface area contributed by atoms with E-state index >= 15 is 0 Å². The summed E-state index contributed by atoms with van der Waals surface area (Å²) in [6, 6.07) is 2.51. The van der Waals surface area contributed by atoms with Gasteiger partial charge in [-0.05, 0) is 39.8 Å². The van der Waals surface area contributed by atoms with E-state index in [0.717, 1.165) is 37.0 Å². The van der Waals surface area contributed by atoms with Crippen molar-refractivity contribution >= 4 is 11.8 Å². The van der Waals surface area contributed by atoms with Gasteiger partial charge in [-0.3, -0.25) is 0 Å². The zero-order valence-electron chi connectivity index (χ0n) is 12.2. The van der Waals surface area contributed by atoms with Gasteiger partial charge in [0.05, 0.1) is 0 Å². The molecule has 2 rings (SSSR count). The first-order valence-corrected chi connectivity index (χ1v) is 7.22. The van der Waals surface area contributed by atoms with Gasteiger partial charge in [0.25, 0.3) is 0 Å². The zero-order valence-corrected chi connectivity index (χ0v) is 12.2. The van der Waals surface area contributed by atoms with E-state index in [2.05, 4.69) is 39.5 Å². The van der Waals surface area contributed by atoms with E-state index in [1.165, 1.54) is 19.4 Å². The molecule has 1 aliphatic heterocycles. The van der Waals surface area contributed by atoms with Crippen LogP contribution in [-0.2, 0) is 0 Å². The Kier molecular flexibility index (Phi) is 4.96. The topological polar surface area (TPSA) is 53.1 Å². The molecule has 0 spiro atoms. The molecule has 1 atom stereocenters. The fourth-order valence-corrected chi connectivity index (χ4v) is 2.45. The molecule has 0 aromatic carbocycles. The van der Waals surface area contributed by atoms with Gasteiger partial charge < -0.3 is 15.5 Å². The van der Waals surface area contributed by atoms with Gasteiger partial charge in [-0.2, -0.15) is 4.98 Å².